The van der Waals surface area contributed by atoms with Gasteiger partial charge in [0.1, 0.15) is 5.78 Å². The van der Waals surface area contributed by atoms with E-state index >= 15 is 0 Å². The van der Waals surface area contributed by atoms with Crippen LogP contribution in [-0.2, 0) is 68.0 Å². The number of Topliss-reactive ketones (excluding diaryl/α,β-unsaturated/α-hetero) is 1. The summed E-state index contributed by atoms with van der Waals surface area (Å²) >= 11 is 8.89. The van der Waals surface area contributed by atoms with E-state index in [-0.39, 0.29) is 60.1 Å². The first-order chi connectivity index (χ1) is 28.6. The summed E-state index contributed by atoms with van der Waals surface area (Å²) in [5.74, 6) is 0.572. The zero-order valence-corrected chi connectivity index (χ0v) is 42.2. The van der Waals surface area contributed by atoms with E-state index in [0.29, 0.717) is 50.1 Å². The molecule has 62 heavy (non-hydrogen) atoms. The van der Waals surface area contributed by atoms with Gasteiger partial charge < -0.3 is 39.7 Å². The van der Waals surface area contributed by atoms with E-state index in [2.05, 4.69) is 84.0 Å². The summed E-state index contributed by atoms with van der Waals surface area (Å²) in [5.41, 5.74) is -1.91. The van der Waals surface area contributed by atoms with Crippen LogP contribution in [0.3, 0.4) is 0 Å². The monoisotopic (exact) mass is 962 g/mol. The van der Waals surface area contributed by atoms with E-state index in [4.69, 9.17) is 19.3 Å². The maximum atomic E-state index is 12.8. The molecule has 8 rings (SSSR count). The largest absolute Gasteiger partial charge is 0.394 e. The van der Waals surface area contributed by atoms with E-state index in [1.165, 1.54) is 26.6 Å². The maximum Gasteiger partial charge on any atom is 0.172 e. The van der Waals surface area contributed by atoms with Gasteiger partial charge >= 0.3 is 0 Å². The van der Waals surface area contributed by atoms with Crippen LogP contribution in [0.4, 0.5) is 0 Å². The molecule has 0 aromatic heterocycles. The predicted molar refractivity (Wildman–Crippen MR) is 261 cm³/mol. The average molecular weight is 964 g/mol. The fourth-order valence-electron chi connectivity index (χ4n) is 14.6. The fraction of sp³-hybridized carbons (Fsp3) is 0.896. The first kappa shape index (κ1) is 54.5. The minimum atomic E-state index is -0.589. The molecule has 4 bridgehead atoms. The molecular weight excluding hydrogens is 881 g/mol. The number of ketones is 1. The Morgan fingerprint density at radius 1 is 0.726 bits per heavy atom. The Labute approximate surface area is 392 Å². The van der Waals surface area contributed by atoms with Crippen LogP contribution in [0.5, 0.6) is 0 Å². The number of aliphatic hydroxyl groups is 5. The molecule has 8 aliphatic rings. The van der Waals surface area contributed by atoms with E-state index < -0.39 is 46.4 Å². The third kappa shape index (κ3) is 9.14. The lowest BCUT2D eigenvalue weighted by Crippen LogP contribution is -2.65. The van der Waals surface area contributed by atoms with Crippen LogP contribution in [0.2, 0.25) is 0 Å². The maximum absolute atomic E-state index is 12.8. The standard InChI is InChI=1S/C22H36O4.C20H32O3.C5H10O2.CH4.S5/c1-6-19(4)13-16(23)20(5)14(2)7-8-21(15(3)17(19)24)9-10-22(18(20)21)25-11-12-26-22;1-6-18(4)11-15(22)19(5)12(2)7-9-20(13(3)17(18)23)10-8-14(21)16(19)20;6-4-5-2-1-3-7-5;;1-3-5-4-2/h6,14-18,23-24H,1,7-13H2,2-5H3;6,12-13,15-17,22-23H,1,7-11H2,2-5H3;5-6H,1-4H2;1H4;/t14-,15+,16-,17+,18?,19+,20+,21-;12-,13+,15-,16?,17+,18+,19+,20-;;;/m11.../s1. The first-order valence-electron chi connectivity index (χ1n) is 22.9. The lowest BCUT2D eigenvalue weighted by atomic mass is 9.43. The highest BCUT2D eigenvalue weighted by Crippen LogP contribution is 2.72. The molecular formula is C48H82O9S5. The minimum Gasteiger partial charge on any atom is -0.394 e. The molecule has 0 aromatic carbocycles. The van der Waals surface area contributed by atoms with Crippen molar-refractivity contribution >= 4 is 54.8 Å². The lowest BCUT2D eigenvalue weighted by Gasteiger charge is -2.63. The molecule has 17 atom stereocenters. The van der Waals surface area contributed by atoms with Gasteiger partial charge in [0.2, 0.25) is 0 Å². The van der Waals surface area contributed by atoms with Gasteiger partial charge in [-0.2, -0.15) is 0 Å². The van der Waals surface area contributed by atoms with Crippen molar-refractivity contribution in [3.05, 3.63) is 25.3 Å². The topological polar surface area (TPSA) is 146 Å². The van der Waals surface area contributed by atoms with Crippen LogP contribution >= 0.6 is 0 Å². The van der Waals surface area contributed by atoms with Gasteiger partial charge in [-0.05, 0) is 98.7 Å². The van der Waals surface area contributed by atoms with Crippen molar-refractivity contribution in [1.29, 1.82) is 0 Å². The molecule has 2 saturated heterocycles. The van der Waals surface area contributed by atoms with Gasteiger partial charge in [0.05, 0.1) is 50.3 Å². The van der Waals surface area contributed by atoms with Crippen molar-refractivity contribution in [2.24, 2.45) is 68.0 Å². The zero-order chi connectivity index (χ0) is 45.4. The molecule has 8 fully saturated rings. The Bertz CT molecular complexity index is 1690. The van der Waals surface area contributed by atoms with E-state index in [1.54, 1.807) is 0 Å². The van der Waals surface area contributed by atoms with E-state index in [1.807, 2.05) is 19.1 Å². The number of hydrogen-bond acceptors (Lipinski definition) is 11. The summed E-state index contributed by atoms with van der Waals surface area (Å²) < 4.78 is 17.6. The number of carbonyl (C=O) groups is 1. The lowest BCUT2D eigenvalue weighted by molar-refractivity contribution is -0.281. The molecule has 2 heterocycles. The Balaban J connectivity index is 0.000000214. The molecule has 358 valence electrons. The highest BCUT2D eigenvalue weighted by atomic mass is 33.3. The Morgan fingerprint density at radius 3 is 1.68 bits per heavy atom. The number of rotatable bonds is 3. The van der Waals surface area contributed by atoms with Crippen molar-refractivity contribution < 1.29 is 44.5 Å². The second kappa shape index (κ2) is 21.1. The summed E-state index contributed by atoms with van der Waals surface area (Å²) in [6.07, 6.45) is 12.3. The molecule has 14 heteroatoms. The van der Waals surface area contributed by atoms with Crippen molar-refractivity contribution in [2.75, 3.05) is 26.4 Å². The smallest absolute Gasteiger partial charge is 0.172 e. The molecule has 1 spiro atoms. The van der Waals surface area contributed by atoms with Crippen LogP contribution in [0.25, 0.3) is 0 Å². The molecule has 6 aliphatic carbocycles. The Morgan fingerprint density at radius 2 is 1.23 bits per heavy atom. The SMILES string of the molecule is C.C=C[C@@]1(C)C[C@@H](O)[C@@]2(C)C3C(=O)CC[C@]3(CC[C@H]2C)[C@@H](C)[C@@H]1O.C=C[C@@]1(C)C[C@@H](O)[C@@]2(C)C3C4(CC[C@]3(CC[C@H]2C)[C@@H](C)[C@@H]1O)OCCO4.OCC1CCCO1.S=S=S=S=S. The van der Waals surface area contributed by atoms with Gasteiger partial charge in [0.15, 0.2) is 5.79 Å². The van der Waals surface area contributed by atoms with Gasteiger partial charge in [-0.1, -0.05) is 75.0 Å². The van der Waals surface area contributed by atoms with Gasteiger partial charge in [-0.25, -0.2) is 0 Å². The Kier molecular flexibility index (Phi) is 18.5. The molecule has 3 unspecified atom stereocenters. The molecule has 9 nitrogen and oxygen atoms in total. The number of aliphatic hydroxyl groups excluding tert-OH is 5. The Hall–Kier alpha value is -0.0700. The molecule has 0 amide bonds. The normalized spacial score (nSPS) is 48.5. The average Bonchev–Trinajstić information content (AvgIpc) is 4.08. The van der Waals surface area contributed by atoms with Crippen LogP contribution in [0.1, 0.15) is 140 Å². The minimum absolute atomic E-state index is 0. The molecule has 2 aliphatic heterocycles. The molecule has 6 saturated carbocycles. The summed E-state index contributed by atoms with van der Waals surface area (Å²) in [4.78, 5) is 12.8. The molecule has 0 radical (unpaired) electrons. The second-order valence-electron chi connectivity index (χ2n) is 21.3. The number of hydrogen-bond donors (Lipinski definition) is 5. The third-order valence-corrected chi connectivity index (χ3v) is 23.4. The second-order valence-corrected chi connectivity index (χ2v) is 26.6. The van der Waals surface area contributed by atoms with Crippen LogP contribution in [0.15, 0.2) is 25.3 Å². The quantitative estimate of drug-likeness (QED) is 0.178. The van der Waals surface area contributed by atoms with Gasteiger partial charge in [-0.15, -0.1) is 13.2 Å². The fourth-order valence-corrected chi connectivity index (χ4v) is 17.4. The summed E-state index contributed by atoms with van der Waals surface area (Å²) in [7, 11) is 3.95. The predicted octanol–water partition coefficient (Wildman–Crippen LogP) is 7.64. The van der Waals surface area contributed by atoms with E-state index in [0.717, 1.165) is 64.4 Å². The van der Waals surface area contributed by atoms with Gasteiger partial charge in [-0.3, -0.25) is 4.79 Å². The number of ether oxygens (including phenoxy) is 3. The van der Waals surface area contributed by atoms with Gasteiger partial charge in [0.25, 0.3) is 0 Å². The summed E-state index contributed by atoms with van der Waals surface area (Å²) in [5, 5.41) is 53.7. The highest BCUT2D eigenvalue weighted by Gasteiger charge is 2.73. The van der Waals surface area contributed by atoms with Crippen molar-refractivity contribution in [1.82, 2.24) is 0 Å². The summed E-state index contributed by atoms with van der Waals surface area (Å²) in [6, 6.07) is 0. The van der Waals surface area contributed by atoms with Crippen LogP contribution < -0.4 is 0 Å². The highest BCUT2D eigenvalue weighted by molar-refractivity contribution is 8.59. The summed E-state index contributed by atoms with van der Waals surface area (Å²) in [6.45, 7) is 27.5. The molecule has 0 aromatic rings. The van der Waals surface area contributed by atoms with E-state index in [9.17, 15) is 25.2 Å². The molecule has 5 N–H and O–H groups in total. The van der Waals surface area contributed by atoms with Crippen LogP contribution in [0, 0.1) is 68.0 Å². The zero-order valence-electron chi connectivity index (χ0n) is 38.1. The van der Waals surface area contributed by atoms with Crippen molar-refractivity contribution in [3.8, 4) is 0 Å². The van der Waals surface area contributed by atoms with Crippen LogP contribution in [-0.4, -0.2) is 94.1 Å². The third-order valence-electron chi connectivity index (χ3n) is 18.9. The van der Waals surface area contributed by atoms with Crippen molar-refractivity contribution in [2.45, 2.75) is 176 Å². The first-order valence-corrected chi connectivity index (χ1v) is 28.3. The van der Waals surface area contributed by atoms with Gasteiger partial charge in [0, 0.05) is 102 Å². The van der Waals surface area contributed by atoms with Crippen molar-refractivity contribution in [3.63, 3.8) is 0 Å². The number of carbonyl (C=O) groups excluding carboxylic acids is 1.